The molecule has 70 valence electrons. The molecule has 0 saturated carbocycles. The Bertz CT molecular complexity index is 309. The molecule has 2 N–H and O–H groups in total. The van der Waals surface area contributed by atoms with Gasteiger partial charge in [0.25, 0.3) is 0 Å². The van der Waals surface area contributed by atoms with E-state index in [4.69, 9.17) is 5.73 Å². The number of anilines is 2. The molecule has 0 spiro atoms. The molecule has 0 unspecified atom stereocenters. The van der Waals surface area contributed by atoms with E-state index in [9.17, 15) is 0 Å². The summed E-state index contributed by atoms with van der Waals surface area (Å²) in [5, 5.41) is 0. The molecule has 1 aromatic rings. The van der Waals surface area contributed by atoms with Crippen molar-refractivity contribution in [3.05, 3.63) is 17.7 Å². The van der Waals surface area contributed by atoms with E-state index in [1.807, 2.05) is 6.07 Å². The summed E-state index contributed by atoms with van der Waals surface area (Å²) in [6.45, 7) is 4.28. The van der Waals surface area contributed by atoms with E-state index in [0.717, 1.165) is 25.3 Å². The fourth-order valence-corrected chi connectivity index (χ4v) is 1.83. The van der Waals surface area contributed by atoms with Crippen molar-refractivity contribution < 1.29 is 0 Å². The molecule has 0 bridgehead atoms. The Morgan fingerprint density at radius 3 is 3.15 bits per heavy atom. The van der Waals surface area contributed by atoms with Crippen LogP contribution in [0.1, 0.15) is 18.9 Å². The van der Waals surface area contributed by atoms with Crippen molar-refractivity contribution in [3.8, 4) is 0 Å². The van der Waals surface area contributed by atoms with Crippen LogP contribution in [0.4, 0.5) is 11.6 Å². The first kappa shape index (κ1) is 8.35. The molecule has 0 saturated heterocycles. The summed E-state index contributed by atoms with van der Waals surface area (Å²) in [7, 11) is 0. The molecule has 0 aromatic carbocycles. The van der Waals surface area contributed by atoms with E-state index in [-0.39, 0.29) is 0 Å². The molecular weight excluding hydrogens is 162 g/mol. The van der Waals surface area contributed by atoms with Crippen molar-refractivity contribution in [2.45, 2.75) is 19.8 Å². The van der Waals surface area contributed by atoms with Crippen LogP contribution < -0.4 is 10.6 Å². The zero-order valence-corrected chi connectivity index (χ0v) is 7.95. The van der Waals surface area contributed by atoms with Crippen LogP contribution in [0.3, 0.4) is 0 Å². The lowest BCUT2D eigenvalue weighted by atomic mass is 10.1. The minimum Gasteiger partial charge on any atom is -0.384 e. The Hall–Kier alpha value is -1.25. The first-order chi connectivity index (χ1) is 6.31. The molecule has 3 nitrogen and oxygen atoms in total. The SMILES string of the molecule is CCN1CCCc2ccc(N)nc21. The fourth-order valence-electron chi connectivity index (χ4n) is 1.83. The van der Waals surface area contributed by atoms with Crippen LogP contribution in [0, 0.1) is 0 Å². The number of fused-ring (bicyclic) bond motifs is 1. The lowest BCUT2D eigenvalue weighted by molar-refractivity contribution is 0.695. The first-order valence-electron chi connectivity index (χ1n) is 4.81. The number of hydrogen-bond acceptors (Lipinski definition) is 3. The van der Waals surface area contributed by atoms with E-state index in [1.54, 1.807) is 0 Å². The third-order valence-corrected chi connectivity index (χ3v) is 2.53. The Labute approximate surface area is 78.6 Å². The van der Waals surface area contributed by atoms with Gasteiger partial charge < -0.3 is 10.6 Å². The Balaban J connectivity index is 2.41. The second-order valence-corrected chi connectivity index (χ2v) is 3.40. The molecule has 3 heteroatoms. The van der Waals surface area contributed by atoms with Crippen LogP contribution in [0.5, 0.6) is 0 Å². The van der Waals surface area contributed by atoms with E-state index >= 15 is 0 Å². The molecule has 0 fully saturated rings. The van der Waals surface area contributed by atoms with E-state index in [1.165, 1.54) is 12.0 Å². The summed E-state index contributed by atoms with van der Waals surface area (Å²) in [6, 6.07) is 3.98. The van der Waals surface area contributed by atoms with Gasteiger partial charge in [-0.25, -0.2) is 4.98 Å². The number of nitrogen functional groups attached to an aromatic ring is 1. The zero-order chi connectivity index (χ0) is 9.26. The molecule has 0 atom stereocenters. The maximum atomic E-state index is 5.66. The molecular formula is C10H15N3. The van der Waals surface area contributed by atoms with Crippen molar-refractivity contribution in [1.29, 1.82) is 0 Å². The summed E-state index contributed by atoms with van der Waals surface area (Å²) >= 11 is 0. The quantitative estimate of drug-likeness (QED) is 0.705. The molecule has 1 aliphatic rings. The van der Waals surface area contributed by atoms with Gasteiger partial charge in [0, 0.05) is 13.1 Å². The monoisotopic (exact) mass is 177 g/mol. The summed E-state index contributed by atoms with van der Waals surface area (Å²) in [5.74, 6) is 1.72. The molecule has 0 radical (unpaired) electrons. The minimum absolute atomic E-state index is 0.624. The number of nitrogens with two attached hydrogens (primary N) is 1. The highest BCUT2D eigenvalue weighted by Crippen LogP contribution is 2.25. The summed E-state index contributed by atoms with van der Waals surface area (Å²) in [5.41, 5.74) is 7.00. The van der Waals surface area contributed by atoms with Crippen molar-refractivity contribution in [2.75, 3.05) is 23.7 Å². The Kier molecular flexibility index (Phi) is 2.08. The number of hydrogen-bond donors (Lipinski definition) is 1. The van der Waals surface area contributed by atoms with Gasteiger partial charge in [0.2, 0.25) is 0 Å². The average molecular weight is 177 g/mol. The normalized spacial score (nSPS) is 15.6. The largest absolute Gasteiger partial charge is 0.384 e. The average Bonchev–Trinajstić information content (AvgIpc) is 2.17. The highest BCUT2D eigenvalue weighted by molar-refractivity contribution is 5.53. The summed E-state index contributed by atoms with van der Waals surface area (Å²) in [6.07, 6.45) is 2.37. The fraction of sp³-hybridized carbons (Fsp3) is 0.500. The van der Waals surface area contributed by atoms with Gasteiger partial charge in [0.15, 0.2) is 0 Å². The van der Waals surface area contributed by atoms with Gasteiger partial charge in [-0.05, 0) is 31.4 Å². The Morgan fingerprint density at radius 1 is 1.54 bits per heavy atom. The van der Waals surface area contributed by atoms with Crippen LogP contribution in [0.15, 0.2) is 12.1 Å². The highest BCUT2D eigenvalue weighted by Gasteiger charge is 2.16. The van der Waals surface area contributed by atoms with E-state index in [2.05, 4.69) is 22.9 Å². The predicted molar refractivity (Wildman–Crippen MR) is 54.9 cm³/mol. The molecule has 0 amide bonds. The predicted octanol–water partition coefficient (Wildman–Crippen LogP) is 1.44. The molecule has 2 heterocycles. The Morgan fingerprint density at radius 2 is 2.38 bits per heavy atom. The highest BCUT2D eigenvalue weighted by atomic mass is 15.2. The maximum Gasteiger partial charge on any atom is 0.134 e. The number of aryl methyl sites for hydroxylation is 1. The molecule has 1 aliphatic heterocycles. The van der Waals surface area contributed by atoms with Crippen molar-refractivity contribution in [1.82, 2.24) is 4.98 Å². The van der Waals surface area contributed by atoms with Crippen LogP contribution >= 0.6 is 0 Å². The van der Waals surface area contributed by atoms with Crippen LogP contribution in [-0.4, -0.2) is 18.1 Å². The van der Waals surface area contributed by atoms with E-state index in [0.29, 0.717) is 5.82 Å². The standard InChI is InChI=1S/C10H15N3/c1-2-13-7-3-4-8-5-6-9(11)12-10(8)13/h5-6H,2-4,7H2,1H3,(H2,11,12). The van der Waals surface area contributed by atoms with Gasteiger partial charge in [0.05, 0.1) is 0 Å². The molecule has 1 aromatic heterocycles. The summed E-state index contributed by atoms with van der Waals surface area (Å²) in [4.78, 5) is 6.66. The second kappa shape index (κ2) is 3.24. The molecule has 0 aliphatic carbocycles. The lowest BCUT2D eigenvalue weighted by Gasteiger charge is -2.28. The van der Waals surface area contributed by atoms with Gasteiger partial charge >= 0.3 is 0 Å². The first-order valence-corrected chi connectivity index (χ1v) is 4.81. The van der Waals surface area contributed by atoms with Crippen LogP contribution in [-0.2, 0) is 6.42 Å². The third kappa shape index (κ3) is 1.46. The van der Waals surface area contributed by atoms with Crippen molar-refractivity contribution in [2.24, 2.45) is 0 Å². The number of nitrogens with zero attached hydrogens (tertiary/aromatic N) is 2. The van der Waals surface area contributed by atoms with Crippen LogP contribution in [0.25, 0.3) is 0 Å². The second-order valence-electron chi connectivity index (χ2n) is 3.40. The maximum absolute atomic E-state index is 5.66. The smallest absolute Gasteiger partial charge is 0.134 e. The van der Waals surface area contributed by atoms with E-state index < -0.39 is 0 Å². The summed E-state index contributed by atoms with van der Waals surface area (Å²) < 4.78 is 0. The topological polar surface area (TPSA) is 42.1 Å². The van der Waals surface area contributed by atoms with Gasteiger partial charge in [-0.2, -0.15) is 0 Å². The minimum atomic E-state index is 0.624. The number of aromatic nitrogens is 1. The zero-order valence-electron chi connectivity index (χ0n) is 7.95. The van der Waals surface area contributed by atoms with Crippen molar-refractivity contribution in [3.63, 3.8) is 0 Å². The van der Waals surface area contributed by atoms with Gasteiger partial charge in [0.1, 0.15) is 11.6 Å². The lowest BCUT2D eigenvalue weighted by Crippen LogP contribution is -2.30. The van der Waals surface area contributed by atoms with Gasteiger partial charge in [-0.1, -0.05) is 6.07 Å². The number of rotatable bonds is 1. The van der Waals surface area contributed by atoms with Gasteiger partial charge in [-0.15, -0.1) is 0 Å². The third-order valence-electron chi connectivity index (χ3n) is 2.53. The number of pyridine rings is 1. The molecule has 2 rings (SSSR count). The van der Waals surface area contributed by atoms with Crippen molar-refractivity contribution >= 4 is 11.6 Å². The molecule has 13 heavy (non-hydrogen) atoms. The van der Waals surface area contributed by atoms with Crippen LogP contribution in [0.2, 0.25) is 0 Å². The van der Waals surface area contributed by atoms with Gasteiger partial charge in [-0.3, -0.25) is 0 Å².